The summed E-state index contributed by atoms with van der Waals surface area (Å²) in [6.07, 6.45) is 2.40. The second kappa shape index (κ2) is 7.09. The summed E-state index contributed by atoms with van der Waals surface area (Å²) in [5.41, 5.74) is 5.88. The Morgan fingerprint density at radius 1 is 1.27 bits per heavy atom. The molecule has 0 aliphatic rings. The summed E-state index contributed by atoms with van der Waals surface area (Å²) in [4.78, 5) is 28.2. The Balaban J connectivity index is 2.10. The third-order valence-electron chi connectivity index (χ3n) is 3.60. The van der Waals surface area contributed by atoms with E-state index in [2.05, 4.69) is 15.1 Å². The number of allylic oxidation sites excluding steroid dienone is 1. The first-order chi connectivity index (χ1) is 12.5. The van der Waals surface area contributed by atoms with Crippen molar-refractivity contribution in [3.8, 4) is 11.5 Å². The minimum absolute atomic E-state index is 0.0174. The van der Waals surface area contributed by atoms with Crippen LogP contribution < -0.4 is 11.3 Å². The van der Waals surface area contributed by atoms with E-state index in [0.717, 1.165) is 12.3 Å². The fourth-order valence-corrected chi connectivity index (χ4v) is 2.34. The van der Waals surface area contributed by atoms with E-state index in [1.807, 2.05) is 0 Å². The highest BCUT2D eigenvalue weighted by Gasteiger charge is 2.15. The zero-order valence-electron chi connectivity index (χ0n) is 13.3. The molecule has 3 N–H and O–H groups in total. The summed E-state index contributed by atoms with van der Waals surface area (Å²) >= 11 is 0. The van der Waals surface area contributed by atoms with Gasteiger partial charge in [-0.15, -0.1) is 0 Å². The average molecular weight is 357 g/mol. The summed E-state index contributed by atoms with van der Waals surface area (Å²) in [6.45, 7) is 0.0286. The van der Waals surface area contributed by atoms with Gasteiger partial charge in [0.1, 0.15) is 17.8 Å². The van der Waals surface area contributed by atoms with Crippen molar-refractivity contribution in [3.05, 3.63) is 75.9 Å². The third-order valence-corrected chi connectivity index (χ3v) is 3.60. The molecular weight excluding hydrogens is 344 g/mol. The Kier molecular flexibility index (Phi) is 4.70. The maximum absolute atomic E-state index is 13.9. The van der Waals surface area contributed by atoms with Gasteiger partial charge in [0.15, 0.2) is 5.82 Å². The number of hydrogen-bond donors (Lipinski definition) is 2. The molecule has 0 saturated carbocycles. The average Bonchev–Trinajstić information content (AvgIpc) is 3.03. The van der Waals surface area contributed by atoms with Gasteiger partial charge in [-0.2, -0.15) is 9.49 Å². The van der Waals surface area contributed by atoms with Gasteiger partial charge in [-0.1, -0.05) is 18.2 Å². The zero-order chi connectivity index (χ0) is 18.7. The molecule has 0 aliphatic carbocycles. The van der Waals surface area contributed by atoms with Crippen LogP contribution in [0.4, 0.5) is 8.78 Å². The van der Waals surface area contributed by atoms with Crippen LogP contribution in [0.3, 0.4) is 0 Å². The highest BCUT2D eigenvalue weighted by atomic mass is 19.1. The number of nitrogens with two attached hydrogens (primary N) is 1. The van der Waals surface area contributed by atoms with Crippen LogP contribution in [-0.2, 0) is 11.3 Å². The molecule has 26 heavy (non-hydrogen) atoms. The van der Waals surface area contributed by atoms with E-state index in [1.165, 1.54) is 16.8 Å². The minimum Gasteiger partial charge on any atom is -0.397 e. The second-order valence-corrected chi connectivity index (χ2v) is 5.33. The van der Waals surface area contributed by atoms with E-state index < -0.39 is 17.2 Å². The van der Waals surface area contributed by atoms with E-state index in [1.54, 1.807) is 18.2 Å². The van der Waals surface area contributed by atoms with Crippen molar-refractivity contribution in [2.75, 3.05) is 0 Å². The number of H-pyrrole nitrogens is 1. The molecule has 3 aromatic rings. The number of aldehydes is 1. The Morgan fingerprint density at radius 2 is 2.04 bits per heavy atom. The van der Waals surface area contributed by atoms with E-state index in [4.69, 9.17) is 5.73 Å². The number of carbonyl (C=O) groups excluding carboxylic acids is 1. The normalized spacial score (nSPS) is 11.5. The Bertz CT molecular complexity index is 1060. The van der Waals surface area contributed by atoms with Gasteiger partial charge in [-0.3, -0.25) is 14.3 Å². The lowest BCUT2D eigenvalue weighted by molar-refractivity contribution is -0.104. The van der Waals surface area contributed by atoms with Crippen molar-refractivity contribution in [2.45, 2.75) is 6.54 Å². The lowest BCUT2D eigenvalue weighted by atomic mass is 10.2. The fourth-order valence-electron chi connectivity index (χ4n) is 2.34. The van der Waals surface area contributed by atoms with Gasteiger partial charge >= 0.3 is 0 Å². The van der Waals surface area contributed by atoms with E-state index in [0.29, 0.717) is 17.5 Å². The maximum Gasteiger partial charge on any atom is 0.287 e. The van der Waals surface area contributed by atoms with Crippen LogP contribution in [0, 0.1) is 11.6 Å². The number of carbonyl (C=O) groups is 1. The van der Waals surface area contributed by atoms with Crippen molar-refractivity contribution < 1.29 is 13.6 Å². The molecule has 9 heteroatoms. The lowest BCUT2D eigenvalue weighted by Crippen LogP contribution is -2.13. The summed E-state index contributed by atoms with van der Waals surface area (Å²) in [6, 6.07) is 7.59. The summed E-state index contributed by atoms with van der Waals surface area (Å²) < 4.78 is 28.4. The lowest BCUT2D eigenvalue weighted by Gasteiger charge is -2.08. The van der Waals surface area contributed by atoms with Crippen molar-refractivity contribution in [1.82, 2.24) is 19.7 Å². The highest BCUT2D eigenvalue weighted by molar-refractivity contribution is 5.80. The molecule has 0 bridgehead atoms. The van der Waals surface area contributed by atoms with Crippen LogP contribution in [0.2, 0.25) is 0 Å². The predicted octanol–water partition coefficient (Wildman–Crippen LogP) is 1.46. The van der Waals surface area contributed by atoms with Crippen molar-refractivity contribution in [2.24, 2.45) is 5.73 Å². The second-order valence-electron chi connectivity index (χ2n) is 5.33. The molecule has 0 saturated heterocycles. The molecule has 0 fully saturated rings. The van der Waals surface area contributed by atoms with Gasteiger partial charge in [-0.25, -0.2) is 9.37 Å². The van der Waals surface area contributed by atoms with Gasteiger partial charge < -0.3 is 10.7 Å². The molecule has 1 aromatic carbocycles. The third kappa shape index (κ3) is 3.41. The van der Waals surface area contributed by atoms with Crippen LogP contribution in [0.25, 0.3) is 17.2 Å². The number of nitrogens with zero attached hydrogens (tertiary/aromatic N) is 3. The molecule has 2 heterocycles. The fraction of sp³-hybridized carbons (Fsp3) is 0.0588. The van der Waals surface area contributed by atoms with Crippen molar-refractivity contribution >= 4 is 12.0 Å². The number of aromatic amines is 1. The minimum atomic E-state index is -1.03. The SMILES string of the molecule is NC(=CC=O)c1cc(-c2ncc(F)c(=O)[nH]2)nn1Cc1ccccc1F. The first kappa shape index (κ1) is 17.2. The molecule has 0 radical (unpaired) electrons. The largest absolute Gasteiger partial charge is 0.397 e. The Labute approximate surface area is 145 Å². The van der Waals surface area contributed by atoms with E-state index in [-0.39, 0.29) is 23.8 Å². The molecular formula is C17H13F2N5O2. The molecule has 0 unspecified atom stereocenters. The number of halogens is 2. The van der Waals surface area contributed by atoms with Gasteiger partial charge in [0.25, 0.3) is 5.56 Å². The molecule has 132 valence electrons. The van der Waals surface area contributed by atoms with E-state index >= 15 is 0 Å². The maximum atomic E-state index is 13.9. The van der Waals surface area contributed by atoms with Gasteiger partial charge in [0.2, 0.25) is 5.82 Å². The van der Waals surface area contributed by atoms with Crippen molar-refractivity contribution in [1.29, 1.82) is 0 Å². The first-order valence-electron chi connectivity index (χ1n) is 7.47. The summed E-state index contributed by atoms with van der Waals surface area (Å²) in [5, 5.41) is 4.25. The number of hydrogen-bond acceptors (Lipinski definition) is 5. The molecule has 0 spiro atoms. The first-order valence-corrected chi connectivity index (χ1v) is 7.47. The topological polar surface area (TPSA) is 107 Å². The molecule has 0 atom stereocenters. The van der Waals surface area contributed by atoms with Crippen LogP contribution in [0.15, 0.2) is 47.4 Å². The Morgan fingerprint density at radius 3 is 2.73 bits per heavy atom. The Hall–Kier alpha value is -3.62. The van der Waals surface area contributed by atoms with Crippen LogP contribution in [0.5, 0.6) is 0 Å². The number of benzene rings is 1. The quantitative estimate of drug-likeness (QED) is 0.531. The highest BCUT2D eigenvalue weighted by Crippen LogP contribution is 2.20. The monoisotopic (exact) mass is 357 g/mol. The molecule has 0 amide bonds. The van der Waals surface area contributed by atoms with Crippen LogP contribution in [-0.4, -0.2) is 26.0 Å². The molecule has 7 nitrogen and oxygen atoms in total. The van der Waals surface area contributed by atoms with Crippen molar-refractivity contribution in [3.63, 3.8) is 0 Å². The number of nitrogens with one attached hydrogen (secondary N) is 1. The summed E-state index contributed by atoms with van der Waals surface area (Å²) in [5.74, 6) is -1.44. The van der Waals surface area contributed by atoms with Gasteiger partial charge in [0, 0.05) is 11.6 Å². The van der Waals surface area contributed by atoms with Gasteiger partial charge in [-0.05, 0) is 12.1 Å². The smallest absolute Gasteiger partial charge is 0.287 e. The molecule has 2 aromatic heterocycles. The number of rotatable bonds is 5. The predicted molar refractivity (Wildman–Crippen MR) is 89.8 cm³/mol. The van der Waals surface area contributed by atoms with E-state index in [9.17, 15) is 18.4 Å². The molecule has 0 aliphatic heterocycles. The standard InChI is InChI=1S/C17H13F2N5O2/c18-11-4-2-1-3-10(11)9-24-15(13(20)5-6-25)7-14(23-24)16-21-8-12(19)17(26)22-16/h1-8H,9,20H2,(H,21,22,26). The molecule has 3 rings (SSSR count). The van der Waals surface area contributed by atoms with Crippen LogP contribution in [0.1, 0.15) is 11.3 Å². The zero-order valence-corrected chi connectivity index (χ0v) is 13.3. The van der Waals surface area contributed by atoms with Crippen LogP contribution >= 0.6 is 0 Å². The number of aromatic nitrogens is 4. The summed E-state index contributed by atoms with van der Waals surface area (Å²) in [7, 11) is 0. The van der Waals surface area contributed by atoms with Gasteiger partial charge in [0.05, 0.1) is 24.1 Å².